The summed E-state index contributed by atoms with van der Waals surface area (Å²) in [4.78, 5) is 4.45. The van der Waals surface area contributed by atoms with Gasteiger partial charge in [0, 0.05) is 50.3 Å². The minimum atomic E-state index is 0.411. The maximum Gasteiger partial charge on any atom is 0.191 e. The molecule has 5 heteroatoms. The van der Waals surface area contributed by atoms with Crippen LogP contribution in [0.15, 0.2) is 4.99 Å². The number of guanidine groups is 1. The predicted molar refractivity (Wildman–Crippen MR) is 81.4 cm³/mol. The molecule has 2 saturated carbocycles. The molecular formula is C16H27N3O2. The van der Waals surface area contributed by atoms with Crippen LogP contribution in [0.25, 0.3) is 0 Å². The number of aliphatic imine (C=N–C) groups is 1. The van der Waals surface area contributed by atoms with Gasteiger partial charge in [-0.3, -0.25) is 4.99 Å². The standard InChI is InChI=1S/C16H27N3O2/c1-17-15(18-11-3-8-20-9-4-11)19-13-12-5-10-21-14(12)16(13)6-2-7-16/h11-14H,2-10H2,1H3,(H2,17,18,19). The van der Waals surface area contributed by atoms with E-state index in [2.05, 4.69) is 15.6 Å². The first-order valence-electron chi connectivity index (χ1n) is 8.53. The molecule has 4 aliphatic rings. The zero-order valence-electron chi connectivity index (χ0n) is 12.9. The third-order valence-electron chi connectivity index (χ3n) is 6.11. The summed E-state index contributed by atoms with van der Waals surface area (Å²) in [6.45, 7) is 2.67. The molecule has 4 fully saturated rings. The zero-order chi connectivity index (χ0) is 14.3. The molecule has 118 valence electrons. The molecular weight excluding hydrogens is 266 g/mol. The van der Waals surface area contributed by atoms with Gasteiger partial charge in [0.25, 0.3) is 0 Å². The molecule has 4 rings (SSSR count). The Balaban J connectivity index is 1.39. The molecule has 1 spiro atoms. The van der Waals surface area contributed by atoms with E-state index in [1.807, 2.05) is 7.05 Å². The van der Waals surface area contributed by atoms with E-state index in [0.717, 1.165) is 38.6 Å². The fraction of sp³-hybridized carbons (Fsp3) is 0.938. The van der Waals surface area contributed by atoms with E-state index < -0.39 is 0 Å². The number of fused-ring (bicyclic) bond motifs is 2. The van der Waals surface area contributed by atoms with Crippen LogP contribution >= 0.6 is 0 Å². The van der Waals surface area contributed by atoms with Crippen LogP contribution in [-0.4, -0.2) is 51.0 Å². The highest BCUT2D eigenvalue weighted by Gasteiger charge is 2.66. The summed E-state index contributed by atoms with van der Waals surface area (Å²) < 4.78 is 11.4. The minimum Gasteiger partial charge on any atom is -0.381 e. The molecule has 2 saturated heterocycles. The molecule has 0 aromatic carbocycles. The Morgan fingerprint density at radius 2 is 1.90 bits per heavy atom. The third kappa shape index (κ3) is 2.16. The van der Waals surface area contributed by atoms with Crippen LogP contribution in [0.5, 0.6) is 0 Å². The van der Waals surface area contributed by atoms with Gasteiger partial charge in [-0.05, 0) is 32.1 Å². The smallest absolute Gasteiger partial charge is 0.191 e. The summed E-state index contributed by atoms with van der Waals surface area (Å²) in [6.07, 6.45) is 7.87. The first kappa shape index (κ1) is 13.8. The second-order valence-electron chi connectivity index (χ2n) is 7.06. The average molecular weight is 293 g/mol. The van der Waals surface area contributed by atoms with Gasteiger partial charge in [-0.25, -0.2) is 0 Å². The van der Waals surface area contributed by atoms with Crippen molar-refractivity contribution in [2.45, 2.75) is 56.7 Å². The third-order valence-corrected chi connectivity index (χ3v) is 6.11. The number of hydrogen-bond acceptors (Lipinski definition) is 3. The van der Waals surface area contributed by atoms with Gasteiger partial charge in [-0.2, -0.15) is 0 Å². The molecule has 0 amide bonds. The van der Waals surface area contributed by atoms with Crippen LogP contribution in [0.3, 0.4) is 0 Å². The van der Waals surface area contributed by atoms with Crippen molar-refractivity contribution in [2.24, 2.45) is 16.3 Å². The first-order valence-corrected chi connectivity index (χ1v) is 8.53. The summed E-state index contributed by atoms with van der Waals surface area (Å²) in [5.41, 5.74) is 0.411. The van der Waals surface area contributed by atoms with Crippen LogP contribution in [0.2, 0.25) is 0 Å². The Morgan fingerprint density at radius 1 is 1.10 bits per heavy atom. The van der Waals surface area contributed by atoms with Gasteiger partial charge in [-0.1, -0.05) is 6.42 Å². The summed E-state index contributed by atoms with van der Waals surface area (Å²) in [5.74, 6) is 1.67. The molecule has 5 nitrogen and oxygen atoms in total. The van der Waals surface area contributed by atoms with Crippen molar-refractivity contribution in [1.29, 1.82) is 0 Å². The molecule has 2 heterocycles. The largest absolute Gasteiger partial charge is 0.381 e. The molecule has 0 radical (unpaired) electrons. The maximum absolute atomic E-state index is 5.99. The van der Waals surface area contributed by atoms with E-state index in [4.69, 9.17) is 9.47 Å². The topological polar surface area (TPSA) is 54.9 Å². The molecule has 0 aromatic heterocycles. The molecule has 2 N–H and O–H groups in total. The van der Waals surface area contributed by atoms with Crippen LogP contribution in [0.4, 0.5) is 0 Å². The highest BCUT2D eigenvalue weighted by Crippen LogP contribution is 2.62. The number of nitrogens with zero attached hydrogens (tertiary/aromatic N) is 1. The zero-order valence-corrected chi connectivity index (χ0v) is 12.9. The van der Waals surface area contributed by atoms with Crippen molar-refractivity contribution in [1.82, 2.24) is 10.6 Å². The van der Waals surface area contributed by atoms with E-state index in [0.29, 0.717) is 29.5 Å². The molecule has 3 unspecified atom stereocenters. The minimum absolute atomic E-state index is 0.411. The summed E-state index contributed by atoms with van der Waals surface area (Å²) >= 11 is 0. The highest BCUT2D eigenvalue weighted by molar-refractivity contribution is 5.80. The number of hydrogen-bond donors (Lipinski definition) is 2. The van der Waals surface area contributed by atoms with Crippen LogP contribution in [0, 0.1) is 11.3 Å². The van der Waals surface area contributed by atoms with E-state index in [1.54, 1.807) is 0 Å². The Bertz CT molecular complexity index is 416. The second-order valence-corrected chi connectivity index (χ2v) is 7.06. The Kier molecular flexibility index (Phi) is 3.58. The van der Waals surface area contributed by atoms with Gasteiger partial charge in [0.2, 0.25) is 0 Å². The monoisotopic (exact) mass is 293 g/mol. The lowest BCUT2D eigenvalue weighted by molar-refractivity contribution is -0.171. The quantitative estimate of drug-likeness (QED) is 0.595. The van der Waals surface area contributed by atoms with E-state index in [-0.39, 0.29) is 0 Å². The number of ether oxygens (including phenoxy) is 2. The lowest BCUT2D eigenvalue weighted by Gasteiger charge is -2.63. The lowest BCUT2D eigenvalue weighted by atomic mass is 9.46. The summed E-state index contributed by atoms with van der Waals surface area (Å²) in [5, 5.41) is 7.32. The van der Waals surface area contributed by atoms with Crippen molar-refractivity contribution in [3.8, 4) is 0 Å². The second kappa shape index (κ2) is 5.43. The van der Waals surface area contributed by atoms with Crippen molar-refractivity contribution >= 4 is 5.96 Å². The van der Waals surface area contributed by atoms with Gasteiger partial charge in [0.1, 0.15) is 0 Å². The van der Waals surface area contributed by atoms with Crippen molar-refractivity contribution in [3.63, 3.8) is 0 Å². The van der Waals surface area contributed by atoms with Crippen LogP contribution < -0.4 is 10.6 Å². The molecule has 3 atom stereocenters. The molecule has 21 heavy (non-hydrogen) atoms. The van der Waals surface area contributed by atoms with Gasteiger partial charge < -0.3 is 20.1 Å². The SMILES string of the molecule is CN=C(NC1CCOCC1)NC1C2CCOC2C12CCC2. The van der Waals surface area contributed by atoms with Crippen LogP contribution in [0.1, 0.15) is 38.5 Å². The van der Waals surface area contributed by atoms with E-state index in [9.17, 15) is 0 Å². The normalized spacial score (nSPS) is 38.5. The molecule has 2 aliphatic heterocycles. The highest BCUT2D eigenvalue weighted by atomic mass is 16.5. The Labute approximate surface area is 126 Å². The van der Waals surface area contributed by atoms with Crippen molar-refractivity contribution < 1.29 is 9.47 Å². The van der Waals surface area contributed by atoms with Gasteiger partial charge in [0.15, 0.2) is 5.96 Å². The van der Waals surface area contributed by atoms with Crippen LogP contribution in [-0.2, 0) is 9.47 Å². The Morgan fingerprint density at radius 3 is 2.57 bits per heavy atom. The van der Waals surface area contributed by atoms with Crippen molar-refractivity contribution in [2.75, 3.05) is 26.9 Å². The average Bonchev–Trinajstić information content (AvgIpc) is 2.88. The van der Waals surface area contributed by atoms with Gasteiger partial charge in [-0.15, -0.1) is 0 Å². The first-order chi connectivity index (χ1) is 10.3. The number of nitrogens with one attached hydrogen (secondary N) is 2. The van der Waals surface area contributed by atoms with Gasteiger partial charge in [0.05, 0.1) is 6.10 Å². The Hall–Kier alpha value is -0.810. The molecule has 2 aliphatic carbocycles. The summed E-state index contributed by atoms with van der Waals surface area (Å²) in [6, 6.07) is 1.06. The fourth-order valence-electron chi connectivity index (χ4n) is 4.81. The number of rotatable bonds is 2. The molecule has 0 bridgehead atoms. The predicted octanol–water partition coefficient (Wildman–Crippen LogP) is 1.29. The van der Waals surface area contributed by atoms with E-state index >= 15 is 0 Å². The molecule has 0 aromatic rings. The van der Waals surface area contributed by atoms with E-state index in [1.165, 1.54) is 25.7 Å². The summed E-state index contributed by atoms with van der Waals surface area (Å²) in [7, 11) is 1.88. The fourth-order valence-corrected chi connectivity index (χ4v) is 4.81. The van der Waals surface area contributed by atoms with Crippen molar-refractivity contribution in [3.05, 3.63) is 0 Å². The lowest BCUT2D eigenvalue weighted by Crippen LogP contribution is -2.72. The maximum atomic E-state index is 5.99. The van der Waals surface area contributed by atoms with Gasteiger partial charge >= 0.3 is 0 Å².